The third kappa shape index (κ3) is 5.30. The zero-order valence-electron chi connectivity index (χ0n) is 13.5. The van der Waals surface area contributed by atoms with E-state index in [1.54, 1.807) is 18.2 Å². The van der Waals surface area contributed by atoms with E-state index in [1.807, 2.05) is 0 Å². The Labute approximate surface area is 138 Å². The van der Waals surface area contributed by atoms with E-state index in [2.05, 4.69) is 10.6 Å². The van der Waals surface area contributed by atoms with E-state index in [0.29, 0.717) is 12.5 Å². The van der Waals surface area contributed by atoms with Crippen LogP contribution in [-0.4, -0.2) is 51.9 Å². The average molecular weight is 339 g/mol. The summed E-state index contributed by atoms with van der Waals surface area (Å²) in [4.78, 5) is 12.1. The van der Waals surface area contributed by atoms with Crippen molar-refractivity contribution < 1.29 is 13.2 Å². The van der Waals surface area contributed by atoms with E-state index in [9.17, 15) is 13.2 Å². The molecule has 1 unspecified atom stereocenters. The van der Waals surface area contributed by atoms with E-state index >= 15 is 0 Å². The molecule has 7 heteroatoms. The first-order chi connectivity index (χ1) is 11.0. The van der Waals surface area contributed by atoms with Crippen LogP contribution in [-0.2, 0) is 14.8 Å². The highest BCUT2D eigenvalue weighted by molar-refractivity contribution is 7.89. The number of piperidine rings is 1. The molecule has 1 amide bonds. The highest BCUT2D eigenvalue weighted by Gasteiger charge is 2.22. The first-order valence-electron chi connectivity index (χ1n) is 7.99. The molecule has 1 aliphatic rings. The lowest BCUT2D eigenvalue weighted by Crippen LogP contribution is -2.39. The molecule has 128 valence electrons. The van der Waals surface area contributed by atoms with Crippen molar-refractivity contribution in [3.8, 4) is 0 Å². The fourth-order valence-electron chi connectivity index (χ4n) is 2.70. The van der Waals surface area contributed by atoms with Gasteiger partial charge in [-0.2, -0.15) is 4.31 Å². The van der Waals surface area contributed by atoms with Crippen LogP contribution in [0.15, 0.2) is 35.2 Å². The molecule has 1 aliphatic heterocycles. The topological polar surface area (TPSA) is 78.5 Å². The van der Waals surface area contributed by atoms with Crippen LogP contribution >= 0.6 is 0 Å². The second-order valence-electron chi connectivity index (χ2n) is 5.93. The van der Waals surface area contributed by atoms with Gasteiger partial charge in [0, 0.05) is 13.6 Å². The predicted molar refractivity (Wildman–Crippen MR) is 89.5 cm³/mol. The van der Waals surface area contributed by atoms with Gasteiger partial charge in [0.05, 0.1) is 11.4 Å². The van der Waals surface area contributed by atoms with Crippen LogP contribution in [0.2, 0.25) is 0 Å². The van der Waals surface area contributed by atoms with Gasteiger partial charge in [-0.25, -0.2) is 8.42 Å². The summed E-state index contributed by atoms with van der Waals surface area (Å²) in [5, 5.41) is 6.15. The molecule has 1 fully saturated rings. The smallest absolute Gasteiger partial charge is 0.243 e. The molecular weight excluding hydrogens is 314 g/mol. The monoisotopic (exact) mass is 339 g/mol. The number of carbonyl (C=O) groups excluding carboxylic acids is 1. The third-order valence-corrected chi connectivity index (χ3v) is 5.91. The van der Waals surface area contributed by atoms with Crippen molar-refractivity contribution >= 4 is 15.9 Å². The maximum Gasteiger partial charge on any atom is 0.243 e. The van der Waals surface area contributed by atoms with Crippen LogP contribution in [0.4, 0.5) is 0 Å². The Kier molecular flexibility index (Phi) is 6.56. The maximum atomic E-state index is 12.3. The van der Waals surface area contributed by atoms with E-state index in [0.717, 1.165) is 23.8 Å². The normalized spacial score (nSPS) is 18.8. The minimum atomic E-state index is -3.62. The predicted octanol–water partition coefficient (Wildman–Crippen LogP) is 0.813. The third-order valence-electron chi connectivity index (χ3n) is 4.09. The highest BCUT2D eigenvalue weighted by Crippen LogP contribution is 2.14. The van der Waals surface area contributed by atoms with Gasteiger partial charge in [0.1, 0.15) is 0 Å². The lowest BCUT2D eigenvalue weighted by molar-refractivity contribution is -0.121. The van der Waals surface area contributed by atoms with Crippen molar-refractivity contribution in [3.05, 3.63) is 30.3 Å². The average Bonchev–Trinajstić information content (AvgIpc) is 2.56. The van der Waals surface area contributed by atoms with Gasteiger partial charge in [-0.1, -0.05) is 18.2 Å². The maximum absolute atomic E-state index is 12.3. The molecule has 1 aromatic rings. The summed E-state index contributed by atoms with van der Waals surface area (Å²) in [6.45, 7) is 2.49. The Morgan fingerprint density at radius 1 is 1.35 bits per heavy atom. The Morgan fingerprint density at radius 2 is 2.09 bits per heavy atom. The minimum absolute atomic E-state index is 0.167. The fourth-order valence-corrected chi connectivity index (χ4v) is 3.85. The molecule has 0 aromatic heterocycles. The lowest BCUT2D eigenvalue weighted by atomic mass is 9.96. The number of benzene rings is 1. The number of carbonyl (C=O) groups is 1. The van der Waals surface area contributed by atoms with Crippen molar-refractivity contribution in [2.75, 3.05) is 33.2 Å². The SMILES string of the molecule is CN(CC(=O)NCCC1CCCNC1)S(=O)(=O)c1ccccc1. The molecule has 23 heavy (non-hydrogen) atoms. The van der Waals surface area contributed by atoms with Gasteiger partial charge in [-0.05, 0) is 50.4 Å². The van der Waals surface area contributed by atoms with Gasteiger partial charge >= 0.3 is 0 Å². The second-order valence-corrected chi connectivity index (χ2v) is 7.97. The summed E-state index contributed by atoms with van der Waals surface area (Å²) in [5.74, 6) is 0.325. The summed E-state index contributed by atoms with van der Waals surface area (Å²) >= 11 is 0. The standard InChI is InChI=1S/C16H25N3O3S/c1-19(23(21,22)15-7-3-2-4-8-15)13-16(20)18-11-9-14-6-5-10-17-12-14/h2-4,7-8,14,17H,5-6,9-13H2,1H3,(H,18,20). The molecule has 0 aliphatic carbocycles. The van der Waals surface area contributed by atoms with Crippen LogP contribution in [0.3, 0.4) is 0 Å². The summed E-state index contributed by atoms with van der Waals surface area (Å²) in [6, 6.07) is 8.14. The number of nitrogens with zero attached hydrogens (tertiary/aromatic N) is 1. The van der Waals surface area contributed by atoms with Crippen LogP contribution in [0, 0.1) is 5.92 Å². The van der Waals surface area contributed by atoms with Crippen molar-refractivity contribution in [3.63, 3.8) is 0 Å². The van der Waals surface area contributed by atoms with Crippen molar-refractivity contribution in [2.45, 2.75) is 24.2 Å². The van der Waals surface area contributed by atoms with Gasteiger partial charge in [0.2, 0.25) is 15.9 Å². The molecule has 0 bridgehead atoms. The Hall–Kier alpha value is -1.44. The molecular formula is C16H25N3O3S. The van der Waals surface area contributed by atoms with Gasteiger partial charge in [-0.15, -0.1) is 0 Å². The minimum Gasteiger partial charge on any atom is -0.355 e. The summed E-state index contributed by atoms with van der Waals surface area (Å²) in [5.41, 5.74) is 0. The zero-order valence-corrected chi connectivity index (χ0v) is 14.3. The molecule has 0 saturated carbocycles. The van der Waals surface area contributed by atoms with Crippen LogP contribution < -0.4 is 10.6 Å². The lowest BCUT2D eigenvalue weighted by Gasteiger charge is -2.23. The largest absolute Gasteiger partial charge is 0.355 e. The van der Waals surface area contributed by atoms with Crippen LogP contribution in [0.25, 0.3) is 0 Å². The molecule has 0 spiro atoms. The quantitative estimate of drug-likeness (QED) is 0.771. The van der Waals surface area contributed by atoms with Crippen LogP contribution in [0.5, 0.6) is 0 Å². The van der Waals surface area contributed by atoms with E-state index in [4.69, 9.17) is 0 Å². The number of likely N-dealkylation sites (N-methyl/N-ethyl adjacent to an activating group) is 1. The molecule has 0 radical (unpaired) electrons. The molecule has 1 heterocycles. The number of sulfonamides is 1. The Balaban J connectivity index is 1.78. The molecule has 6 nitrogen and oxygen atoms in total. The van der Waals surface area contributed by atoms with E-state index in [1.165, 1.54) is 32.0 Å². The molecule has 1 atom stereocenters. The summed E-state index contributed by atoms with van der Waals surface area (Å²) < 4.78 is 25.7. The number of nitrogens with one attached hydrogen (secondary N) is 2. The number of hydrogen-bond donors (Lipinski definition) is 2. The van der Waals surface area contributed by atoms with E-state index < -0.39 is 10.0 Å². The molecule has 1 saturated heterocycles. The van der Waals surface area contributed by atoms with Crippen LogP contribution in [0.1, 0.15) is 19.3 Å². The second kappa shape index (κ2) is 8.42. The van der Waals surface area contributed by atoms with Crippen molar-refractivity contribution in [2.24, 2.45) is 5.92 Å². The number of amides is 1. The Morgan fingerprint density at radius 3 is 2.74 bits per heavy atom. The Bertz CT molecular complexity index is 598. The summed E-state index contributed by atoms with van der Waals surface area (Å²) in [7, 11) is -2.19. The molecule has 2 N–H and O–H groups in total. The first kappa shape index (κ1) is 17.9. The van der Waals surface area contributed by atoms with Gasteiger partial charge < -0.3 is 10.6 Å². The van der Waals surface area contributed by atoms with E-state index in [-0.39, 0.29) is 17.3 Å². The fraction of sp³-hybridized carbons (Fsp3) is 0.562. The number of rotatable bonds is 7. The zero-order chi connectivity index (χ0) is 16.7. The molecule has 1 aromatic carbocycles. The molecule has 2 rings (SSSR count). The van der Waals surface area contributed by atoms with Gasteiger partial charge in [0.15, 0.2) is 0 Å². The summed E-state index contributed by atoms with van der Waals surface area (Å²) in [6.07, 6.45) is 3.29. The van der Waals surface area contributed by atoms with Gasteiger partial charge in [0.25, 0.3) is 0 Å². The van der Waals surface area contributed by atoms with Gasteiger partial charge in [-0.3, -0.25) is 4.79 Å². The van der Waals surface area contributed by atoms with Crippen molar-refractivity contribution in [1.82, 2.24) is 14.9 Å². The van der Waals surface area contributed by atoms with Crippen molar-refractivity contribution in [1.29, 1.82) is 0 Å². The number of hydrogen-bond acceptors (Lipinski definition) is 4. The highest BCUT2D eigenvalue weighted by atomic mass is 32.2. The first-order valence-corrected chi connectivity index (χ1v) is 9.43.